The third-order valence-corrected chi connectivity index (χ3v) is 12.6. The summed E-state index contributed by atoms with van der Waals surface area (Å²) in [5.74, 6) is 0. The Kier molecular flexibility index (Phi) is 23.1. The standard InChI is InChI=1S/4C15H13.2C2H6Si.2ClH.2Zr/c4*1-2-11-9-13-8-7-12-5-3-4-6-14(12)15(13)10-11;2*1-3-2;;;;/h4*3-8H,2,9H2,1H3;2*1-2H3;2*1H;;/q4*-1;;;;;2*+2/p-2. The van der Waals surface area contributed by atoms with E-state index in [1.165, 1.54) is 110 Å². The molecule has 0 atom stereocenters. The molecule has 0 fully saturated rings. The van der Waals surface area contributed by atoms with Crippen molar-refractivity contribution in [2.24, 2.45) is 0 Å². The van der Waals surface area contributed by atoms with Crippen LogP contribution in [0, 0.1) is 24.3 Å². The van der Waals surface area contributed by atoms with Gasteiger partial charge in [-0.15, -0.1) is 115 Å². The number of hydrogen-bond acceptors (Lipinski definition) is 0. The molecule has 4 aliphatic rings. The Morgan fingerprint density at radius 3 is 0.700 bits per heavy atom. The molecule has 70 heavy (non-hydrogen) atoms. The van der Waals surface area contributed by atoms with Crippen molar-refractivity contribution in [2.75, 3.05) is 0 Å². The molecule has 0 aromatic heterocycles. The summed E-state index contributed by atoms with van der Waals surface area (Å²) in [5.41, 5.74) is 17.2. The largest absolute Gasteiger partial charge is 1.00 e. The average molecular weight is 1140 g/mol. The first kappa shape index (κ1) is 57.4. The number of fused-ring (bicyclic) bond motifs is 12. The number of benzene rings is 8. The molecule has 0 heterocycles. The van der Waals surface area contributed by atoms with Crippen LogP contribution in [0.1, 0.15) is 97.9 Å². The third kappa shape index (κ3) is 14.8. The fourth-order valence-electron chi connectivity index (χ4n) is 9.10. The van der Waals surface area contributed by atoms with E-state index in [-0.39, 0.29) is 35.7 Å². The Morgan fingerprint density at radius 1 is 0.329 bits per heavy atom. The minimum atomic E-state index is 0. The van der Waals surface area contributed by atoms with E-state index in [0.717, 1.165) is 51.4 Å². The van der Waals surface area contributed by atoms with E-state index in [2.05, 4.69) is 224 Å². The van der Waals surface area contributed by atoms with Crippen LogP contribution in [0.3, 0.4) is 0 Å². The van der Waals surface area contributed by atoms with Gasteiger partial charge in [0.05, 0.1) is 0 Å². The van der Waals surface area contributed by atoms with Crippen LogP contribution in [0.4, 0.5) is 0 Å². The first-order valence-corrected chi connectivity index (χ1v) is 36.9. The van der Waals surface area contributed by atoms with E-state index in [4.69, 9.17) is 0 Å². The van der Waals surface area contributed by atoms with Gasteiger partial charge in [-0.1, -0.05) is 172 Å². The van der Waals surface area contributed by atoms with Gasteiger partial charge in [-0.25, -0.2) is 0 Å². The molecule has 0 saturated carbocycles. The number of halogens is 2. The molecule has 4 aliphatic carbocycles. The molecule has 6 heteroatoms. The molecule has 8 aromatic rings. The Bertz CT molecular complexity index is 2830. The van der Waals surface area contributed by atoms with Crippen molar-refractivity contribution >= 4 is 54.0 Å². The van der Waals surface area contributed by atoms with Gasteiger partial charge in [0, 0.05) is 0 Å². The fourth-order valence-corrected chi connectivity index (χ4v) is 9.10. The van der Waals surface area contributed by atoms with Crippen LogP contribution in [0.5, 0.6) is 0 Å². The van der Waals surface area contributed by atoms with Crippen molar-refractivity contribution in [3.05, 3.63) is 237 Å². The van der Waals surface area contributed by atoms with Crippen molar-refractivity contribution < 1.29 is 71.5 Å². The maximum atomic E-state index is 3.54. The van der Waals surface area contributed by atoms with Crippen LogP contribution in [0.2, 0.25) is 26.2 Å². The minimum absolute atomic E-state index is 0. The van der Waals surface area contributed by atoms with Crippen LogP contribution in [0.25, 0.3) is 43.1 Å². The second-order valence-electron chi connectivity index (χ2n) is 18.3. The summed E-state index contributed by atoms with van der Waals surface area (Å²) >= 11 is 3.48. The molecule has 8 aromatic carbocycles. The molecule has 0 aliphatic heterocycles. The fraction of sp³-hybridized carbons (Fsp3) is 0.250. The summed E-state index contributed by atoms with van der Waals surface area (Å²) in [7, 11) is 0. The van der Waals surface area contributed by atoms with Crippen molar-refractivity contribution in [3.63, 3.8) is 0 Å². The van der Waals surface area contributed by atoms with Crippen molar-refractivity contribution in [1.82, 2.24) is 0 Å². The quantitative estimate of drug-likeness (QED) is 0.122. The van der Waals surface area contributed by atoms with Gasteiger partial charge < -0.3 is 24.8 Å². The smallest absolute Gasteiger partial charge is 1.00 e. The van der Waals surface area contributed by atoms with Crippen molar-refractivity contribution in [3.8, 4) is 0 Å². The van der Waals surface area contributed by atoms with Crippen LogP contribution < -0.4 is 24.8 Å². The van der Waals surface area contributed by atoms with Gasteiger partial charge in [0.2, 0.25) is 0 Å². The SMILES string of the molecule is CCC1=[C-]c2c(ccc3ccccc23)C1.CCC1=[C-]c2c(ccc3ccccc23)C1.CCC1=[C-]c2c(ccc3ccccc23)C1.CCC1=[C-]c2c(ccc3ccccc23)C1.C[Si](C)=[Zr+2].C[Si](C)=[Zr+2].[Cl-].[Cl-]. The molecule has 352 valence electrons. The van der Waals surface area contributed by atoms with E-state index in [1.807, 2.05) is 0 Å². The maximum absolute atomic E-state index is 3.54. The van der Waals surface area contributed by atoms with Gasteiger partial charge in [0.1, 0.15) is 0 Å². The van der Waals surface area contributed by atoms with E-state index in [0.29, 0.717) is 0 Å². The topological polar surface area (TPSA) is 0 Å². The molecular formula is C64H64Cl2Si2Zr2-2. The predicted molar refractivity (Wildman–Crippen MR) is 290 cm³/mol. The summed E-state index contributed by atoms with van der Waals surface area (Å²) in [4.78, 5) is 0. The zero-order valence-electron chi connectivity index (χ0n) is 42.3. The first-order chi connectivity index (χ1) is 33.0. The number of hydrogen-bond donors (Lipinski definition) is 0. The van der Waals surface area contributed by atoms with Crippen LogP contribution >= 0.6 is 0 Å². The van der Waals surface area contributed by atoms with E-state index in [1.54, 1.807) is 46.7 Å². The molecule has 0 saturated heterocycles. The number of allylic oxidation sites excluding steroid dienone is 4. The van der Waals surface area contributed by atoms with Gasteiger partial charge in [-0.05, 0) is 25.7 Å². The summed E-state index contributed by atoms with van der Waals surface area (Å²) < 4.78 is 0. The molecule has 0 amide bonds. The second kappa shape index (κ2) is 28.1. The van der Waals surface area contributed by atoms with Gasteiger partial charge in [0.15, 0.2) is 0 Å². The van der Waals surface area contributed by atoms with Crippen molar-refractivity contribution in [2.45, 2.75) is 105 Å². The number of rotatable bonds is 4. The van der Waals surface area contributed by atoms with E-state index < -0.39 is 0 Å². The molecule has 12 rings (SSSR count). The van der Waals surface area contributed by atoms with Gasteiger partial charge in [0.25, 0.3) is 0 Å². The summed E-state index contributed by atoms with van der Waals surface area (Å²) in [6.07, 6.45) is 23.0. The zero-order valence-corrected chi connectivity index (χ0v) is 50.7. The zero-order chi connectivity index (χ0) is 48.2. The van der Waals surface area contributed by atoms with Crippen LogP contribution in [0.15, 0.2) is 168 Å². The molecule has 0 bridgehead atoms. The molecule has 0 unspecified atom stereocenters. The normalized spacial score (nSPS) is 12.9. The Hall–Kier alpha value is -3.46. The summed E-state index contributed by atoms with van der Waals surface area (Å²) in [6.45, 7) is 18.1. The second-order valence-corrected chi connectivity index (χ2v) is 37.1. The maximum Gasteiger partial charge on any atom is -1.00 e. The third-order valence-electron chi connectivity index (χ3n) is 12.6. The Balaban J connectivity index is 0.000000164. The first-order valence-electron chi connectivity index (χ1n) is 24.5. The molecule has 0 spiro atoms. The van der Waals surface area contributed by atoms with Crippen LogP contribution in [-0.2, 0) is 72.4 Å². The van der Waals surface area contributed by atoms with Gasteiger partial charge in [-0.3, -0.25) is 0 Å². The molecule has 0 radical (unpaired) electrons. The molecule has 0 nitrogen and oxygen atoms in total. The summed E-state index contributed by atoms with van der Waals surface area (Å²) in [5, 5.41) is 10.7. The van der Waals surface area contributed by atoms with Gasteiger partial charge >= 0.3 is 83.7 Å². The molecule has 0 N–H and O–H groups in total. The monoisotopic (exact) mass is 1140 g/mol. The average Bonchev–Trinajstić information content (AvgIpc) is 4.19. The molecular weight excluding hydrogens is 1080 g/mol. The minimum Gasteiger partial charge on any atom is -1.00 e. The summed E-state index contributed by atoms with van der Waals surface area (Å²) in [6, 6.07) is 52.1. The van der Waals surface area contributed by atoms with Crippen LogP contribution in [-0.4, -0.2) is 10.9 Å². The Morgan fingerprint density at radius 2 is 0.514 bits per heavy atom. The predicted octanol–water partition coefficient (Wildman–Crippen LogP) is 11.1. The van der Waals surface area contributed by atoms with E-state index >= 15 is 0 Å². The van der Waals surface area contributed by atoms with Gasteiger partial charge in [-0.2, -0.15) is 46.6 Å². The van der Waals surface area contributed by atoms with Crippen molar-refractivity contribution in [1.29, 1.82) is 0 Å². The van der Waals surface area contributed by atoms with E-state index in [9.17, 15) is 0 Å². The Labute approximate surface area is 462 Å².